The van der Waals surface area contributed by atoms with Crippen molar-refractivity contribution in [1.29, 1.82) is 0 Å². The predicted octanol–water partition coefficient (Wildman–Crippen LogP) is 5.05. The third-order valence-electron chi connectivity index (χ3n) is 4.51. The lowest BCUT2D eigenvalue weighted by atomic mass is 10.2. The summed E-state index contributed by atoms with van der Waals surface area (Å²) in [5, 5.41) is 2.76. The van der Waals surface area contributed by atoms with Crippen LogP contribution in [0.1, 0.15) is 13.3 Å². The van der Waals surface area contributed by atoms with Crippen molar-refractivity contribution in [2.24, 2.45) is 0 Å². The number of halogens is 1. The number of sulfonamides is 1. The minimum absolute atomic E-state index is 0.0816. The first-order valence-electron chi connectivity index (χ1n) is 9.81. The maximum Gasteiger partial charge on any atom is 0.265 e. The van der Waals surface area contributed by atoms with E-state index in [9.17, 15) is 13.2 Å². The van der Waals surface area contributed by atoms with Gasteiger partial charge in [0.15, 0.2) is 6.10 Å². The number of rotatable bonds is 9. The summed E-state index contributed by atoms with van der Waals surface area (Å²) in [6.07, 6.45) is -0.267. The normalized spacial score (nSPS) is 12.0. The van der Waals surface area contributed by atoms with Gasteiger partial charge in [0.2, 0.25) is 0 Å². The molecule has 0 fully saturated rings. The Morgan fingerprint density at radius 1 is 0.969 bits per heavy atom. The summed E-state index contributed by atoms with van der Waals surface area (Å²) < 4.78 is 39.5. The summed E-state index contributed by atoms with van der Waals surface area (Å²) in [6, 6.07) is 19.7. The molecule has 3 aromatic rings. The zero-order valence-corrected chi connectivity index (χ0v) is 19.9. The number of methoxy groups -OCH3 is 1. The standard InChI is InChI=1S/C23H23BrN2O5S/c1-3-22(31-20-6-4-5-19(15-20)30-2)23(27)25-17-11-13-21(14-12-17)32(28,29)26-18-9-7-16(24)8-10-18/h4-15,22,26H,3H2,1-2H3,(H,25,27)/t22-/m1/s1. The van der Waals surface area contributed by atoms with E-state index in [0.717, 1.165) is 4.47 Å². The number of carbonyl (C=O) groups is 1. The zero-order valence-electron chi connectivity index (χ0n) is 17.5. The molecule has 1 amide bonds. The van der Waals surface area contributed by atoms with Crippen LogP contribution in [-0.4, -0.2) is 27.5 Å². The van der Waals surface area contributed by atoms with Crippen molar-refractivity contribution in [3.8, 4) is 11.5 Å². The first-order valence-corrected chi connectivity index (χ1v) is 12.1. The Kier molecular flexibility index (Phi) is 7.76. The smallest absolute Gasteiger partial charge is 0.265 e. The molecular formula is C23H23BrN2O5S. The molecule has 0 aromatic heterocycles. The molecule has 0 bridgehead atoms. The molecule has 0 aliphatic heterocycles. The van der Waals surface area contributed by atoms with E-state index in [2.05, 4.69) is 26.0 Å². The molecule has 9 heteroatoms. The Morgan fingerprint density at radius 3 is 2.22 bits per heavy atom. The molecule has 0 radical (unpaired) electrons. The minimum atomic E-state index is -3.75. The van der Waals surface area contributed by atoms with Crippen LogP contribution in [0.3, 0.4) is 0 Å². The molecule has 32 heavy (non-hydrogen) atoms. The molecule has 0 aliphatic rings. The molecule has 0 unspecified atom stereocenters. The van der Waals surface area contributed by atoms with Gasteiger partial charge >= 0.3 is 0 Å². The summed E-state index contributed by atoms with van der Waals surface area (Å²) in [5.41, 5.74) is 0.913. The van der Waals surface area contributed by atoms with Crippen LogP contribution in [0, 0.1) is 0 Å². The Morgan fingerprint density at radius 2 is 1.59 bits per heavy atom. The lowest BCUT2D eigenvalue weighted by Crippen LogP contribution is -2.32. The lowest BCUT2D eigenvalue weighted by molar-refractivity contribution is -0.122. The van der Waals surface area contributed by atoms with Gasteiger partial charge in [-0.3, -0.25) is 9.52 Å². The number of nitrogens with one attached hydrogen (secondary N) is 2. The summed E-state index contributed by atoms with van der Waals surface area (Å²) in [7, 11) is -2.20. The van der Waals surface area contributed by atoms with E-state index in [4.69, 9.17) is 9.47 Å². The Bertz CT molecular complexity index is 1170. The van der Waals surface area contributed by atoms with Gasteiger partial charge in [-0.15, -0.1) is 0 Å². The first kappa shape index (κ1) is 23.6. The molecule has 1 atom stereocenters. The van der Waals surface area contributed by atoms with Crippen LogP contribution in [0.2, 0.25) is 0 Å². The molecule has 168 valence electrons. The molecule has 7 nitrogen and oxygen atoms in total. The van der Waals surface area contributed by atoms with Crippen LogP contribution in [0.4, 0.5) is 11.4 Å². The van der Waals surface area contributed by atoms with Gasteiger partial charge in [0.25, 0.3) is 15.9 Å². The maximum absolute atomic E-state index is 12.7. The Labute approximate surface area is 195 Å². The van der Waals surface area contributed by atoms with E-state index < -0.39 is 16.1 Å². The number of hydrogen-bond donors (Lipinski definition) is 2. The van der Waals surface area contributed by atoms with Gasteiger partial charge in [-0.05, 0) is 67.1 Å². The van der Waals surface area contributed by atoms with Crippen molar-refractivity contribution in [1.82, 2.24) is 0 Å². The van der Waals surface area contributed by atoms with Crippen molar-refractivity contribution in [2.45, 2.75) is 24.3 Å². The average molecular weight is 519 g/mol. The highest BCUT2D eigenvalue weighted by Crippen LogP contribution is 2.22. The van der Waals surface area contributed by atoms with Crippen LogP contribution in [0.15, 0.2) is 82.2 Å². The number of ether oxygens (including phenoxy) is 2. The van der Waals surface area contributed by atoms with Crippen LogP contribution < -0.4 is 19.5 Å². The highest BCUT2D eigenvalue weighted by atomic mass is 79.9. The number of hydrogen-bond acceptors (Lipinski definition) is 5. The van der Waals surface area contributed by atoms with Crippen molar-refractivity contribution in [3.63, 3.8) is 0 Å². The van der Waals surface area contributed by atoms with Crippen LogP contribution in [-0.2, 0) is 14.8 Å². The highest BCUT2D eigenvalue weighted by Gasteiger charge is 2.20. The molecule has 0 heterocycles. The molecule has 0 saturated carbocycles. The quantitative estimate of drug-likeness (QED) is 0.413. The average Bonchev–Trinajstić information content (AvgIpc) is 2.79. The van der Waals surface area contributed by atoms with Gasteiger partial charge in [-0.25, -0.2) is 8.42 Å². The van der Waals surface area contributed by atoms with Gasteiger partial charge in [-0.1, -0.05) is 28.9 Å². The van der Waals surface area contributed by atoms with Crippen LogP contribution in [0.5, 0.6) is 11.5 Å². The first-order chi connectivity index (χ1) is 15.3. The van der Waals surface area contributed by atoms with Crippen LogP contribution >= 0.6 is 15.9 Å². The lowest BCUT2D eigenvalue weighted by Gasteiger charge is -2.18. The number of amides is 1. The number of anilines is 2. The molecule has 3 rings (SSSR count). The second-order valence-corrected chi connectivity index (χ2v) is 9.42. The molecule has 3 aromatic carbocycles. The maximum atomic E-state index is 12.7. The van der Waals surface area contributed by atoms with E-state index in [1.807, 2.05) is 6.92 Å². The summed E-state index contributed by atoms with van der Waals surface area (Å²) in [6.45, 7) is 1.84. The second kappa shape index (κ2) is 10.5. The fourth-order valence-electron chi connectivity index (χ4n) is 2.83. The van der Waals surface area contributed by atoms with Gasteiger partial charge in [-0.2, -0.15) is 0 Å². The SMILES string of the molecule is CC[C@@H](Oc1cccc(OC)c1)C(=O)Nc1ccc(S(=O)(=O)Nc2ccc(Br)cc2)cc1. The Hall–Kier alpha value is -3.04. The number of benzene rings is 3. The van der Waals surface area contributed by atoms with Gasteiger partial charge in [0.1, 0.15) is 11.5 Å². The third-order valence-corrected chi connectivity index (χ3v) is 6.44. The fraction of sp³-hybridized carbons (Fsp3) is 0.174. The minimum Gasteiger partial charge on any atom is -0.497 e. The molecule has 0 spiro atoms. The number of carbonyl (C=O) groups excluding carboxylic acids is 1. The molecule has 2 N–H and O–H groups in total. The van der Waals surface area contributed by atoms with E-state index >= 15 is 0 Å². The highest BCUT2D eigenvalue weighted by molar-refractivity contribution is 9.10. The predicted molar refractivity (Wildman–Crippen MR) is 128 cm³/mol. The van der Waals surface area contributed by atoms with E-state index in [1.54, 1.807) is 55.6 Å². The van der Waals surface area contributed by atoms with Crippen molar-refractivity contribution in [3.05, 3.63) is 77.3 Å². The summed E-state index contributed by atoms with van der Waals surface area (Å²) in [5.74, 6) is 0.817. The largest absolute Gasteiger partial charge is 0.497 e. The fourth-order valence-corrected chi connectivity index (χ4v) is 4.16. The van der Waals surface area contributed by atoms with Crippen molar-refractivity contribution in [2.75, 3.05) is 17.1 Å². The van der Waals surface area contributed by atoms with E-state index in [-0.39, 0.29) is 10.8 Å². The third kappa shape index (κ3) is 6.24. The molecule has 0 saturated heterocycles. The molecule has 0 aliphatic carbocycles. The van der Waals surface area contributed by atoms with Crippen molar-refractivity contribution < 1.29 is 22.7 Å². The summed E-state index contributed by atoms with van der Waals surface area (Å²) >= 11 is 3.31. The van der Waals surface area contributed by atoms with E-state index in [1.165, 1.54) is 24.3 Å². The van der Waals surface area contributed by atoms with Crippen LogP contribution in [0.25, 0.3) is 0 Å². The Balaban J connectivity index is 1.65. The second-order valence-electron chi connectivity index (χ2n) is 6.82. The van der Waals surface area contributed by atoms with E-state index in [0.29, 0.717) is 29.3 Å². The van der Waals surface area contributed by atoms with Gasteiger partial charge < -0.3 is 14.8 Å². The van der Waals surface area contributed by atoms with Gasteiger partial charge in [0.05, 0.1) is 12.0 Å². The monoisotopic (exact) mass is 518 g/mol. The summed E-state index contributed by atoms with van der Waals surface area (Å²) in [4.78, 5) is 12.7. The molecular weight excluding hydrogens is 496 g/mol. The van der Waals surface area contributed by atoms with Gasteiger partial charge in [0, 0.05) is 21.9 Å². The van der Waals surface area contributed by atoms with Crippen molar-refractivity contribution >= 4 is 43.2 Å². The topological polar surface area (TPSA) is 93.7 Å². The zero-order chi connectivity index (χ0) is 23.1.